The lowest BCUT2D eigenvalue weighted by Gasteiger charge is -2.17. The fourth-order valence-corrected chi connectivity index (χ4v) is 3.59. The van der Waals surface area contributed by atoms with E-state index in [1.807, 2.05) is 5.32 Å². The van der Waals surface area contributed by atoms with Crippen LogP contribution in [0.5, 0.6) is 0 Å². The molecule has 3 heterocycles. The third kappa shape index (κ3) is 5.78. The Morgan fingerprint density at radius 1 is 1.27 bits per heavy atom. The number of ether oxygens (including phenoxy) is 1. The average molecular weight is 489 g/mol. The topological polar surface area (TPSA) is 250 Å². The van der Waals surface area contributed by atoms with Gasteiger partial charge in [0.15, 0.2) is 17.7 Å². The molecule has 18 heteroatoms. The van der Waals surface area contributed by atoms with Crippen molar-refractivity contribution in [2.24, 2.45) is 0 Å². The molecule has 1 saturated heterocycles. The Kier molecular flexibility index (Phi) is 7.52. The van der Waals surface area contributed by atoms with Crippen LogP contribution in [0.15, 0.2) is 12.7 Å². The molecule has 0 radical (unpaired) electrons. The number of hydrogen-bond acceptors (Lipinski definition) is 13. The zero-order valence-corrected chi connectivity index (χ0v) is 17.6. The molecule has 3 rings (SSSR count). The van der Waals surface area contributed by atoms with Crippen molar-refractivity contribution in [1.82, 2.24) is 30.2 Å². The highest BCUT2D eigenvalue weighted by atomic mass is 31.2. The van der Waals surface area contributed by atoms with Crippen molar-refractivity contribution in [2.45, 2.75) is 24.5 Å². The Morgan fingerprint density at radius 3 is 2.76 bits per heavy atom. The highest BCUT2D eigenvalue weighted by Crippen LogP contribution is 2.44. The van der Waals surface area contributed by atoms with Gasteiger partial charge in [-0.3, -0.25) is 23.6 Å². The molecule has 0 saturated carbocycles. The number of fused-ring (bicyclic) bond motifs is 1. The first kappa shape index (κ1) is 24.4. The van der Waals surface area contributed by atoms with Crippen molar-refractivity contribution in [2.75, 3.05) is 25.4 Å². The van der Waals surface area contributed by atoms with Crippen molar-refractivity contribution >= 4 is 43.1 Å². The number of carbonyl (C=O) groups excluding carboxylic acids is 3. The zero-order valence-electron chi connectivity index (χ0n) is 16.7. The summed E-state index contributed by atoms with van der Waals surface area (Å²) < 4.78 is 27.8. The number of nitrogens with zero attached hydrogens (tertiary/aromatic N) is 4. The Balaban J connectivity index is 1.55. The summed E-state index contributed by atoms with van der Waals surface area (Å²) >= 11 is 0. The van der Waals surface area contributed by atoms with Gasteiger partial charge in [-0.1, -0.05) is 0 Å². The van der Waals surface area contributed by atoms with Crippen LogP contribution in [-0.4, -0.2) is 90.9 Å². The van der Waals surface area contributed by atoms with Crippen LogP contribution in [0.4, 0.5) is 5.82 Å². The van der Waals surface area contributed by atoms with Crippen LogP contribution in [-0.2, 0) is 32.7 Å². The molecule has 17 nitrogen and oxygen atoms in total. The molecule has 1 aliphatic rings. The number of phosphoric ester groups is 1. The van der Waals surface area contributed by atoms with E-state index < -0.39 is 63.9 Å². The molecule has 7 N–H and O–H groups in total. The van der Waals surface area contributed by atoms with Gasteiger partial charge >= 0.3 is 13.8 Å². The van der Waals surface area contributed by atoms with Crippen LogP contribution >= 0.6 is 7.82 Å². The molecule has 0 aromatic carbocycles. The third-order valence-corrected chi connectivity index (χ3v) is 5.30. The second-order valence-corrected chi connectivity index (χ2v) is 8.01. The summed E-state index contributed by atoms with van der Waals surface area (Å²) in [5, 5.41) is 24.7. The zero-order chi connectivity index (χ0) is 24.2. The second-order valence-electron chi connectivity index (χ2n) is 6.63. The number of phosphoric acid groups is 1. The van der Waals surface area contributed by atoms with Crippen molar-refractivity contribution < 1.29 is 47.8 Å². The summed E-state index contributed by atoms with van der Waals surface area (Å²) in [7, 11) is -4.96. The Bertz CT molecular complexity index is 1080. The molecule has 0 spiro atoms. The van der Waals surface area contributed by atoms with Gasteiger partial charge in [-0.15, -0.1) is 0 Å². The maximum absolute atomic E-state index is 12.0. The minimum Gasteiger partial charge on any atom is -0.387 e. The molecular weight excluding hydrogens is 469 g/mol. The van der Waals surface area contributed by atoms with Gasteiger partial charge < -0.3 is 35.8 Å². The van der Waals surface area contributed by atoms with E-state index >= 15 is 0 Å². The van der Waals surface area contributed by atoms with Crippen molar-refractivity contribution in [3.05, 3.63) is 12.7 Å². The van der Waals surface area contributed by atoms with Gasteiger partial charge in [0, 0.05) is 0 Å². The molecule has 2 aromatic heterocycles. The molecular formula is C15H20N7O10P. The normalized spacial score (nSPS) is 24.2. The van der Waals surface area contributed by atoms with Crippen molar-refractivity contribution in [1.29, 1.82) is 0 Å². The predicted molar refractivity (Wildman–Crippen MR) is 105 cm³/mol. The van der Waals surface area contributed by atoms with Crippen molar-refractivity contribution in [3.8, 4) is 0 Å². The van der Waals surface area contributed by atoms with E-state index in [4.69, 9.17) is 10.5 Å². The van der Waals surface area contributed by atoms with Gasteiger partial charge in [0.1, 0.15) is 36.7 Å². The lowest BCUT2D eigenvalue weighted by atomic mass is 10.1. The molecule has 180 valence electrons. The maximum Gasteiger partial charge on any atom is 0.529 e. The van der Waals surface area contributed by atoms with E-state index in [-0.39, 0.29) is 23.4 Å². The molecule has 1 unspecified atom stereocenters. The second kappa shape index (κ2) is 10.2. The number of aliphatic hydroxyl groups excluding tert-OH is 2. The van der Waals surface area contributed by atoms with Crippen LogP contribution in [0.2, 0.25) is 0 Å². The number of aromatic nitrogens is 4. The van der Waals surface area contributed by atoms with Crippen LogP contribution in [0.3, 0.4) is 0 Å². The summed E-state index contributed by atoms with van der Waals surface area (Å²) in [5.74, 6) is -1.95. The molecule has 2 aromatic rings. The number of nitrogens with two attached hydrogens (primary N) is 1. The lowest BCUT2D eigenvalue weighted by Crippen LogP contribution is -2.37. The van der Waals surface area contributed by atoms with Crippen molar-refractivity contribution in [3.63, 3.8) is 0 Å². The number of anilines is 1. The highest BCUT2D eigenvalue weighted by Gasteiger charge is 2.45. The number of nitrogen functional groups attached to an aromatic ring is 1. The Hall–Kier alpha value is -3.21. The van der Waals surface area contributed by atoms with E-state index in [2.05, 4.69) is 29.3 Å². The SMILES string of the molecule is Nc1ncnc2c1ncn2[C@@H]1O[C@H](COP(=O)(O)OC(=O)CNC(=O)CNC=O)[C@@H](O)[C@H]1O. The number of imidazole rings is 1. The largest absolute Gasteiger partial charge is 0.529 e. The number of rotatable bonds is 10. The predicted octanol–water partition coefficient (Wildman–Crippen LogP) is -3.45. The van der Waals surface area contributed by atoms with E-state index in [9.17, 15) is 34.1 Å². The number of hydrogen-bond donors (Lipinski definition) is 6. The van der Waals surface area contributed by atoms with Gasteiger partial charge in [0.2, 0.25) is 12.3 Å². The van der Waals surface area contributed by atoms with Crippen LogP contribution < -0.4 is 16.4 Å². The first-order chi connectivity index (χ1) is 15.6. The summed E-state index contributed by atoms with van der Waals surface area (Å²) in [6.07, 6.45) is -2.83. The van der Waals surface area contributed by atoms with Crippen LogP contribution in [0.25, 0.3) is 11.2 Å². The quantitative estimate of drug-likeness (QED) is 0.140. The van der Waals surface area contributed by atoms with E-state index in [0.717, 1.165) is 0 Å². The smallest absolute Gasteiger partial charge is 0.387 e. The van der Waals surface area contributed by atoms with Gasteiger partial charge in [-0.2, -0.15) is 0 Å². The average Bonchev–Trinajstić information content (AvgIpc) is 3.31. The number of nitrogens with one attached hydrogen (secondary N) is 2. The maximum atomic E-state index is 12.0. The number of aliphatic hydroxyl groups is 2. The molecule has 0 aliphatic carbocycles. The van der Waals surface area contributed by atoms with E-state index in [1.165, 1.54) is 17.2 Å². The molecule has 1 fully saturated rings. The minimum atomic E-state index is -4.96. The minimum absolute atomic E-state index is 0.0888. The first-order valence-electron chi connectivity index (χ1n) is 9.21. The molecule has 2 amide bonds. The summed E-state index contributed by atoms with van der Waals surface area (Å²) in [6.45, 7) is -1.92. The Labute approximate surface area is 184 Å². The van der Waals surface area contributed by atoms with Gasteiger partial charge in [0.05, 0.1) is 19.5 Å². The fraction of sp³-hybridized carbons (Fsp3) is 0.467. The van der Waals surface area contributed by atoms with Gasteiger partial charge in [-0.25, -0.2) is 24.3 Å². The van der Waals surface area contributed by atoms with Crippen LogP contribution in [0.1, 0.15) is 6.23 Å². The summed E-state index contributed by atoms with van der Waals surface area (Å²) in [5.41, 5.74) is 6.17. The lowest BCUT2D eigenvalue weighted by molar-refractivity contribution is -0.137. The summed E-state index contributed by atoms with van der Waals surface area (Å²) in [6, 6.07) is 0. The van der Waals surface area contributed by atoms with E-state index in [1.54, 1.807) is 0 Å². The Morgan fingerprint density at radius 2 is 2.03 bits per heavy atom. The first-order valence-corrected chi connectivity index (χ1v) is 10.7. The third-order valence-electron chi connectivity index (χ3n) is 4.39. The van der Waals surface area contributed by atoms with E-state index in [0.29, 0.717) is 0 Å². The standard InChI is InChI=1S/C15H20N7O10P/c16-13-10-14(20-4-19-13)22(5-21-10)15-12(27)11(26)7(31-15)3-30-33(28,29)32-9(25)2-18-8(24)1-17-6-23/h4-7,11-12,15,26-27H,1-3H2,(H,17,23)(H,18,24)(H,28,29)(H2,16,19,20)/t7-,11-,12-,15-/m1/s1. The van der Waals surface area contributed by atoms with Crippen LogP contribution in [0, 0.1) is 0 Å². The highest BCUT2D eigenvalue weighted by molar-refractivity contribution is 7.48. The molecule has 33 heavy (non-hydrogen) atoms. The summed E-state index contributed by atoms with van der Waals surface area (Å²) in [4.78, 5) is 54.5. The molecule has 5 atom stereocenters. The van der Waals surface area contributed by atoms with Gasteiger partial charge in [0.25, 0.3) is 0 Å². The van der Waals surface area contributed by atoms with Gasteiger partial charge in [-0.05, 0) is 0 Å². The monoisotopic (exact) mass is 489 g/mol. The number of carbonyl (C=O) groups is 3. The fourth-order valence-electron chi connectivity index (χ4n) is 2.88. The molecule has 1 aliphatic heterocycles. The number of amides is 2. The molecule has 0 bridgehead atoms.